The molecule has 0 bridgehead atoms. The summed E-state index contributed by atoms with van der Waals surface area (Å²) in [5, 5.41) is 31.9. The van der Waals surface area contributed by atoms with Gasteiger partial charge in [-0.15, -0.1) is 0 Å². The molecule has 14 heavy (non-hydrogen) atoms. The van der Waals surface area contributed by atoms with Gasteiger partial charge >= 0.3 is 7.69 Å². The van der Waals surface area contributed by atoms with Crippen LogP contribution in [0.15, 0.2) is 30.3 Å². The molecule has 1 aromatic carbocycles. The van der Waals surface area contributed by atoms with E-state index < -0.39 is 7.69 Å². The minimum absolute atomic E-state index is 0.000509. The first-order chi connectivity index (χ1) is 6.79. The van der Waals surface area contributed by atoms with Gasteiger partial charge in [0, 0.05) is 5.92 Å². The van der Waals surface area contributed by atoms with Crippen molar-refractivity contribution < 1.29 is 20.3 Å². The first-order valence-electron chi connectivity index (χ1n) is 4.28. The summed E-state index contributed by atoms with van der Waals surface area (Å²) in [5.74, 6) is -0.129. The fraction of sp³-hybridized carbons (Fsp3) is 0.333. The lowest BCUT2D eigenvalue weighted by Crippen LogP contribution is -2.08. The Bertz CT molecular complexity index is 213. The minimum Gasteiger partial charge on any atom is -0.430 e. The molecular weight excluding hydrogens is 183 g/mol. The molecule has 0 atom stereocenters. The Morgan fingerprint density at radius 3 is 1.79 bits per heavy atom. The number of hydrogen-bond acceptors (Lipinski definition) is 4. The second-order valence-corrected chi connectivity index (χ2v) is 2.61. The van der Waals surface area contributed by atoms with E-state index in [0.717, 1.165) is 5.56 Å². The number of hydrogen-bond donors (Lipinski definition) is 4. The lowest BCUT2D eigenvalue weighted by molar-refractivity contribution is 0.192. The molecule has 0 radical (unpaired) electrons. The summed E-state index contributed by atoms with van der Waals surface area (Å²) in [4.78, 5) is 0. The Morgan fingerprint density at radius 2 is 1.43 bits per heavy atom. The minimum atomic E-state index is -0.750. The van der Waals surface area contributed by atoms with E-state index in [2.05, 4.69) is 0 Å². The smallest absolute Gasteiger partial charge is 0.430 e. The molecule has 0 heterocycles. The largest absolute Gasteiger partial charge is 0.432 e. The third-order valence-corrected chi connectivity index (χ3v) is 1.71. The van der Waals surface area contributed by atoms with Crippen LogP contribution < -0.4 is 0 Å². The lowest BCUT2D eigenvalue weighted by Gasteiger charge is -2.09. The zero-order chi connectivity index (χ0) is 10.8. The molecule has 1 aromatic rings. The third-order valence-electron chi connectivity index (χ3n) is 1.71. The van der Waals surface area contributed by atoms with Crippen molar-refractivity contribution in [3.63, 3.8) is 0 Å². The number of benzene rings is 1. The Balaban J connectivity index is 0.000000500. The number of aliphatic hydroxyl groups is 2. The fourth-order valence-electron chi connectivity index (χ4n) is 0.994. The van der Waals surface area contributed by atoms with Gasteiger partial charge in [0.1, 0.15) is 0 Å². The predicted molar refractivity (Wildman–Crippen MR) is 54.9 cm³/mol. The molecule has 0 saturated heterocycles. The summed E-state index contributed by atoms with van der Waals surface area (Å²) in [7, 11) is -0.750. The highest BCUT2D eigenvalue weighted by atomic mass is 16.4. The van der Waals surface area contributed by atoms with Gasteiger partial charge < -0.3 is 20.3 Å². The van der Waals surface area contributed by atoms with Crippen LogP contribution in [-0.2, 0) is 0 Å². The van der Waals surface area contributed by atoms with Gasteiger partial charge in [-0.25, -0.2) is 0 Å². The third kappa shape index (κ3) is 4.99. The topological polar surface area (TPSA) is 80.9 Å². The Hall–Kier alpha value is -0.875. The average molecular weight is 198 g/mol. The maximum absolute atomic E-state index is 8.82. The summed E-state index contributed by atoms with van der Waals surface area (Å²) in [6.45, 7) is 0.00102. The highest BCUT2D eigenvalue weighted by Crippen LogP contribution is 2.12. The summed E-state index contributed by atoms with van der Waals surface area (Å²) in [6, 6.07) is 9.50. The Morgan fingerprint density at radius 1 is 1.00 bits per heavy atom. The summed E-state index contributed by atoms with van der Waals surface area (Å²) in [6.07, 6.45) is 0. The van der Waals surface area contributed by atoms with Crippen molar-refractivity contribution in [1.29, 1.82) is 0 Å². The van der Waals surface area contributed by atoms with Crippen LogP contribution in [0.1, 0.15) is 11.5 Å². The molecule has 0 aliphatic carbocycles. The van der Waals surface area contributed by atoms with Gasteiger partial charge in [-0.2, -0.15) is 0 Å². The highest BCUT2D eigenvalue weighted by Gasteiger charge is 2.06. The van der Waals surface area contributed by atoms with Crippen LogP contribution in [0.25, 0.3) is 0 Å². The molecule has 0 aliphatic rings. The van der Waals surface area contributed by atoms with Crippen LogP contribution in [0.4, 0.5) is 0 Å². The Kier molecular flexibility index (Phi) is 8.17. The van der Waals surface area contributed by atoms with E-state index in [0.29, 0.717) is 0 Å². The van der Waals surface area contributed by atoms with E-state index >= 15 is 0 Å². The van der Waals surface area contributed by atoms with Crippen LogP contribution in [0.5, 0.6) is 0 Å². The molecular formula is C9H15BO4. The van der Waals surface area contributed by atoms with Crippen molar-refractivity contribution >= 4 is 7.69 Å². The van der Waals surface area contributed by atoms with E-state index in [1.54, 1.807) is 0 Å². The van der Waals surface area contributed by atoms with Gasteiger partial charge in [0.2, 0.25) is 0 Å². The fourth-order valence-corrected chi connectivity index (χ4v) is 0.994. The van der Waals surface area contributed by atoms with Crippen molar-refractivity contribution in [2.24, 2.45) is 0 Å². The normalized spacial score (nSPS) is 9.21. The molecule has 0 amide bonds. The summed E-state index contributed by atoms with van der Waals surface area (Å²) < 4.78 is 0. The van der Waals surface area contributed by atoms with E-state index in [9.17, 15) is 0 Å². The molecule has 0 unspecified atom stereocenters. The lowest BCUT2D eigenvalue weighted by atomic mass is 10.0. The van der Waals surface area contributed by atoms with Crippen LogP contribution in [-0.4, -0.2) is 41.2 Å². The van der Waals surface area contributed by atoms with Crippen molar-refractivity contribution in [1.82, 2.24) is 0 Å². The van der Waals surface area contributed by atoms with Gasteiger partial charge in [-0.3, -0.25) is 0 Å². The first kappa shape index (κ1) is 13.1. The molecule has 0 aliphatic heterocycles. The molecule has 0 fully saturated rings. The second kappa shape index (κ2) is 8.71. The van der Waals surface area contributed by atoms with Crippen LogP contribution >= 0.6 is 0 Å². The molecule has 4 nitrogen and oxygen atoms in total. The van der Waals surface area contributed by atoms with Crippen molar-refractivity contribution in [3.8, 4) is 0 Å². The van der Waals surface area contributed by atoms with Crippen LogP contribution in [0.3, 0.4) is 0 Å². The zero-order valence-corrected chi connectivity index (χ0v) is 7.87. The van der Waals surface area contributed by atoms with Gasteiger partial charge in [-0.05, 0) is 5.56 Å². The number of aliphatic hydroxyl groups excluding tert-OH is 2. The molecule has 0 aromatic heterocycles. The maximum atomic E-state index is 8.82. The van der Waals surface area contributed by atoms with Gasteiger partial charge in [-0.1, -0.05) is 30.3 Å². The van der Waals surface area contributed by atoms with Crippen molar-refractivity contribution in [2.45, 2.75) is 5.92 Å². The molecule has 5 heteroatoms. The molecule has 1 rings (SSSR count). The quantitative estimate of drug-likeness (QED) is 0.469. The molecule has 0 saturated carbocycles. The molecule has 78 valence electrons. The van der Waals surface area contributed by atoms with Gasteiger partial charge in [0.15, 0.2) is 0 Å². The predicted octanol–water partition coefficient (Wildman–Crippen LogP) is -1.01. The van der Waals surface area contributed by atoms with Gasteiger partial charge in [0.05, 0.1) is 13.2 Å². The van der Waals surface area contributed by atoms with Gasteiger partial charge in [0.25, 0.3) is 0 Å². The average Bonchev–Trinajstić information content (AvgIpc) is 2.22. The van der Waals surface area contributed by atoms with E-state index in [1.807, 2.05) is 30.3 Å². The van der Waals surface area contributed by atoms with E-state index in [4.69, 9.17) is 20.3 Å². The van der Waals surface area contributed by atoms with Crippen molar-refractivity contribution in [2.75, 3.05) is 13.2 Å². The summed E-state index contributed by atoms with van der Waals surface area (Å²) >= 11 is 0. The van der Waals surface area contributed by atoms with E-state index in [-0.39, 0.29) is 19.1 Å². The number of rotatable bonds is 3. The van der Waals surface area contributed by atoms with Crippen molar-refractivity contribution in [3.05, 3.63) is 35.9 Å². The van der Waals surface area contributed by atoms with E-state index in [1.165, 1.54) is 0 Å². The highest BCUT2D eigenvalue weighted by molar-refractivity contribution is 6.13. The standard InChI is InChI=1S/C9H12O2.BH3O2/c10-6-9(7-11)8-4-2-1-3-5-8;2-1-3/h1-5,9-11H,6-7H2;1-3H. The van der Waals surface area contributed by atoms with Crippen LogP contribution in [0, 0.1) is 0 Å². The molecule has 4 N–H and O–H groups in total. The maximum Gasteiger partial charge on any atom is 0.432 e. The zero-order valence-electron chi connectivity index (χ0n) is 7.87. The SMILES string of the molecule is OBO.OCC(CO)c1ccccc1. The molecule has 0 spiro atoms. The van der Waals surface area contributed by atoms with Crippen LogP contribution in [0.2, 0.25) is 0 Å². The second-order valence-electron chi connectivity index (χ2n) is 2.61. The summed E-state index contributed by atoms with van der Waals surface area (Å²) in [5.41, 5.74) is 0.984. The first-order valence-corrected chi connectivity index (χ1v) is 4.28. The monoisotopic (exact) mass is 198 g/mol. The Labute approximate surface area is 83.8 Å².